The van der Waals surface area contributed by atoms with Crippen molar-refractivity contribution in [1.82, 2.24) is 30.4 Å². The normalized spacial score (nSPS) is 18.7. The second kappa shape index (κ2) is 17.6. The van der Waals surface area contributed by atoms with Crippen molar-refractivity contribution < 1.29 is 33.8 Å². The van der Waals surface area contributed by atoms with E-state index in [9.17, 15) is 24.3 Å². The number of hydrogen-bond acceptors (Lipinski definition) is 9. The monoisotopic (exact) mass is 857 g/mol. The highest BCUT2D eigenvalue weighted by molar-refractivity contribution is 6.39. The van der Waals surface area contributed by atoms with Gasteiger partial charge < -0.3 is 35.0 Å². The number of nitrogens with one attached hydrogen (secondary N) is 2. The molecule has 0 bridgehead atoms. The summed E-state index contributed by atoms with van der Waals surface area (Å²) in [6.45, 7) is 6.64. The van der Waals surface area contributed by atoms with Crippen molar-refractivity contribution in [2.45, 2.75) is 83.1 Å². The number of carbonyl (C=O) groups excluding carboxylic acids is 3. The highest BCUT2D eigenvalue weighted by atomic mass is 35.5. The van der Waals surface area contributed by atoms with E-state index < -0.39 is 17.8 Å². The van der Waals surface area contributed by atoms with Crippen LogP contribution in [0.2, 0.25) is 10.0 Å². The van der Waals surface area contributed by atoms with Crippen molar-refractivity contribution >= 4 is 53.0 Å². The summed E-state index contributed by atoms with van der Waals surface area (Å²) < 4.78 is 11.5. The molecule has 4 aromatic rings. The second-order valence-corrected chi connectivity index (χ2v) is 17.2. The number of carbonyl (C=O) groups is 4. The molecule has 7 rings (SSSR count). The average Bonchev–Trinajstić information content (AvgIpc) is 3.83. The molecule has 3 N–H and O–H groups in total. The number of ether oxygens (including phenoxy) is 2. The van der Waals surface area contributed by atoms with Gasteiger partial charge in [-0.3, -0.25) is 14.5 Å². The SMILES string of the molecule is COc1nc(-c2cccc(-c3cccc(-c4ccc5c(n4)N(C)CCC5N(CC4CCC(=O)N4)C(=O)OC(C)(C)C)c3Cl)c2Cl)ccc1CN(CC1CCC(=O)N1)C(=O)O. The average molecular weight is 859 g/mol. The summed E-state index contributed by atoms with van der Waals surface area (Å²) in [7, 11) is 3.45. The maximum absolute atomic E-state index is 13.7. The molecule has 0 spiro atoms. The zero-order chi connectivity index (χ0) is 42.9. The number of hydrogen-bond donors (Lipinski definition) is 3. The van der Waals surface area contributed by atoms with Gasteiger partial charge in [0.25, 0.3) is 0 Å². The Bertz CT molecular complexity index is 2320. The van der Waals surface area contributed by atoms with Gasteiger partial charge in [0.1, 0.15) is 11.4 Å². The fourth-order valence-electron chi connectivity index (χ4n) is 8.07. The first-order valence-electron chi connectivity index (χ1n) is 20.0. The van der Waals surface area contributed by atoms with E-state index in [1.807, 2.05) is 76.3 Å². The zero-order valence-corrected chi connectivity index (χ0v) is 35.8. The molecule has 3 atom stereocenters. The summed E-state index contributed by atoms with van der Waals surface area (Å²) in [6.07, 6.45) is 1.11. The van der Waals surface area contributed by atoms with Gasteiger partial charge in [-0.25, -0.2) is 19.6 Å². The lowest BCUT2D eigenvalue weighted by Crippen LogP contribution is -2.47. The van der Waals surface area contributed by atoms with Crippen LogP contribution in [-0.4, -0.2) is 100 Å². The minimum atomic E-state index is -1.12. The molecule has 2 aromatic carbocycles. The van der Waals surface area contributed by atoms with E-state index in [1.54, 1.807) is 17.0 Å². The van der Waals surface area contributed by atoms with Crippen LogP contribution >= 0.6 is 23.2 Å². The number of anilines is 1. The van der Waals surface area contributed by atoms with Gasteiger partial charge in [0.2, 0.25) is 17.7 Å². The van der Waals surface area contributed by atoms with Gasteiger partial charge >= 0.3 is 12.2 Å². The molecule has 14 nitrogen and oxygen atoms in total. The number of halogens is 2. The number of carboxylic acid groups (broad SMARTS) is 1. The number of benzene rings is 2. The van der Waals surface area contributed by atoms with Crippen LogP contribution in [0.5, 0.6) is 5.88 Å². The Labute approximate surface area is 359 Å². The van der Waals surface area contributed by atoms with Gasteiger partial charge in [0, 0.05) is 85.0 Å². The number of methoxy groups -OCH3 is 1. The number of rotatable bonds is 11. The third-order valence-corrected chi connectivity index (χ3v) is 11.8. The molecule has 60 heavy (non-hydrogen) atoms. The number of aromatic nitrogens is 2. The molecule has 3 unspecified atom stereocenters. The summed E-state index contributed by atoms with van der Waals surface area (Å²) >= 11 is 14.4. The predicted octanol–water partition coefficient (Wildman–Crippen LogP) is 7.95. The van der Waals surface area contributed by atoms with Crippen LogP contribution in [0.4, 0.5) is 15.4 Å². The molecule has 4 amide bonds. The van der Waals surface area contributed by atoms with E-state index in [-0.39, 0.29) is 48.9 Å². The molecule has 5 heterocycles. The Kier molecular flexibility index (Phi) is 12.4. The van der Waals surface area contributed by atoms with Crippen LogP contribution in [0.3, 0.4) is 0 Å². The Morgan fingerprint density at radius 2 is 1.40 bits per heavy atom. The molecule has 2 fully saturated rings. The summed E-state index contributed by atoms with van der Waals surface area (Å²) in [5.74, 6) is 0.861. The molecule has 2 aromatic heterocycles. The summed E-state index contributed by atoms with van der Waals surface area (Å²) in [5.41, 5.74) is 4.55. The van der Waals surface area contributed by atoms with E-state index in [1.165, 1.54) is 12.0 Å². The lowest BCUT2D eigenvalue weighted by atomic mass is 9.95. The molecule has 0 radical (unpaired) electrons. The Morgan fingerprint density at radius 3 is 1.95 bits per heavy atom. The fraction of sp³-hybridized carbons (Fsp3) is 0.409. The van der Waals surface area contributed by atoms with Crippen LogP contribution in [-0.2, 0) is 20.9 Å². The van der Waals surface area contributed by atoms with E-state index in [2.05, 4.69) is 15.5 Å². The Morgan fingerprint density at radius 1 is 0.833 bits per heavy atom. The van der Waals surface area contributed by atoms with Gasteiger partial charge in [-0.05, 0) is 58.2 Å². The summed E-state index contributed by atoms with van der Waals surface area (Å²) in [5, 5.41) is 16.6. The number of nitrogens with zero attached hydrogens (tertiary/aromatic N) is 5. The number of amides is 4. The lowest BCUT2D eigenvalue weighted by molar-refractivity contribution is -0.120. The highest BCUT2D eigenvalue weighted by Crippen LogP contribution is 2.44. The largest absolute Gasteiger partial charge is 0.481 e. The van der Waals surface area contributed by atoms with E-state index in [4.69, 9.17) is 42.6 Å². The minimum Gasteiger partial charge on any atom is -0.481 e. The van der Waals surface area contributed by atoms with Crippen molar-refractivity contribution in [3.05, 3.63) is 81.8 Å². The van der Waals surface area contributed by atoms with Gasteiger partial charge in [-0.15, -0.1) is 0 Å². The molecule has 0 aliphatic carbocycles. The quantitative estimate of drug-likeness (QED) is 0.135. The smallest absolute Gasteiger partial charge is 0.410 e. The van der Waals surface area contributed by atoms with Gasteiger partial charge in [0.05, 0.1) is 41.1 Å². The minimum absolute atomic E-state index is 0.0175. The van der Waals surface area contributed by atoms with E-state index in [0.29, 0.717) is 94.4 Å². The Hall–Kier alpha value is -5.60. The maximum Gasteiger partial charge on any atom is 0.410 e. The van der Waals surface area contributed by atoms with Crippen LogP contribution < -0.4 is 20.3 Å². The molecule has 16 heteroatoms. The lowest BCUT2D eigenvalue weighted by Gasteiger charge is -2.40. The predicted molar refractivity (Wildman–Crippen MR) is 229 cm³/mol. The first kappa shape index (κ1) is 42.5. The highest BCUT2D eigenvalue weighted by Gasteiger charge is 2.37. The van der Waals surface area contributed by atoms with Crippen LogP contribution in [0.25, 0.3) is 33.6 Å². The van der Waals surface area contributed by atoms with Crippen molar-refractivity contribution in [2.75, 3.05) is 38.7 Å². The van der Waals surface area contributed by atoms with Crippen LogP contribution in [0, 0.1) is 0 Å². The second-order valence-electron chi connectivity index (χ2n) is 16.4. The van der Waals surface area contributed by atoms with Crippen LogP contribution in [0.1, 0.15) is 70.0 Å². The van der Waals surface area contributed by atoms with Gasteiger partial charge in [-0.1, -0.05) is 65.7 Å². The third kappa shape index (κ3) is 9.24. The number of fused-ring (bicyclic) bond motifs is 1. The molecular weight excluding hydrogens is 809 g/mol. The summed E-state index contributed by atoms with van der Waals surface area (Å²) in [6, 6.07) is 18.0. The van der Waals surface area contributed by atoms with E-state index >= 15 is 0 Å². The molecule has 2 saturated heterocycles. The summed E-state index contributed by atoms with van der Waals surface area (Å²) in [4.78, 5) is 64.6. The first-order valence-corrected chi connectivity index (χ1v) is 20.8. The molecule has 3 aliphatic heterocycles. The van der Waals surface area contributed by atoms with E-state index in [0.717, 1.165) is 11.4 Å². The van der Waals surface area contributed by atoms with Gasteiger partial charge in [0.15, 0.2) is 0 Å². The van der Waals surface area contributed by atoms with Gasteiger partial charge in [-0.2, -0.15) is 0 Å². The van der Waals surface area contributed by atoms with Crippen molar-refractivity contribution in [3.8, 4) is 39.5 Å². The molecular formula is C44H49Cl2N7O7. The maximum atomic E-state index is 13.7. The first-order chi connectivity index (χ1) is 28.6. The van der Waals surface area contributed by atoms with Crippen molar-refractivity contribution in [1.29, 1.82) is 0 Å². The van der Waals surface area contributed by atoms with Crippen molar-refractivity contribution in [3.63, 3.8) is 0 Å². The standard InChI is InChI=1S/C44H49Cl2N7O7/c1-44(2,3)60-43(58)53(24-27-14-19-37(55)48-27)35-20-21-51(4)40-32(35)15-17-33(49-40)30-10-6-8-28(38(30)45)29-9-7-11-31(39(29)46)34-16-12-25(41(50-34)59-5)22-52(42(56)57)23-26-13-18-36(54)47-26/h6-12,15-17,26-27,35H,13-14,18-24H2,1-5H3,(H,47,54)(H,48,55)(H,56,57). The molecule has 316 valence electrons. The third-order valence-electron chi connectivity index (χ3n) is 11.0. The number of pyridine rings is 2. The van der Waals surface area contributed by atoms with Crippen LogP contribution in [0.15, 0.2) is 60.7 Å². The topological polar surface area (TPSA) is 167 Å². The van der Waals surface area contributed by atoms with Crippen molar-refractivity contribution in [2.24, 2.45) is 0 Å². The zero-order valence-electron chi connectivity index (χ0n) is 34.3. The fourth-order valence-corrected chi connectivity index (χ4v) is 8.71. The molecule has 0 saturated carbocycles. The Balaban J connectivity index is 1.17. The molecule has 3 aliphatic rings.